The quantitative estimate of drug-likeness (QED) is 0.502. The normalized spacial score (nSPS) is 19.4. The zero-order valence-electron chi connectivity index (χ0n) is 22.1. The van der Waals surface area contributed by atoms with Gasteiger partial charge in [0.1, 0.15) is 5.82 Å². The van der Waals surface area contributed by atoms with Gasteiger partial charge in [0.2, 0.25) is 0 Å². The minimum Gasteiger partial charge on any atom is -0.381 e. The fourth-order valence-electron chi connectivity index (χ4n) is 6.08. The molecular formula is C30H33FN4O3. The fraction of sp³-hybridized carbons (Fsp3) is 0.433. The van der Waals surface area contributed by atoms with Crippen LogP contribution < -0.4 is 5.32 Å². The molecule has 0 saturated carbocycles. The molecule has 198 valence electrons. The summed E-state index contributed by atoms with van der Waals surface area (Å²) in [6, 6.07) is 10.5. The largest absolute Gasteiger partial charge is 0.381 e. The van der Waals surface area contributed by atoms with Gasteiger partial charge in [0.05, 0.1) is 17.3 Å². The number of nitrogens with one attached hydrogen (secondary N) is 2. The van der Waals surface area contributed by atoms with Crippen molar-refractivity contribution < 1.29 is 18.7 Å². The second-order valence-corrected chi connectivity index (χ2v) is 11.6. The van der Waals surface area contributed by atoms with Gasteiger partial charge >= 0.3 is 0 Å². The average Bonchev–Trinajstić information content (AvgIpc) is 3.53. The SMILES string of the molecule is CC(c1ccc(C(=O)NC2CCOCC2)cc1)N1Cc2cc(-c3n[nH]c4c3CC(C)(C)C4)cc(F)c2C1=O. The highest BCUT2D eigenvalue weighted by Crippen LogP contribution is 2.41. The van der Waals surface area contributed by atoms with E-state index in [0.717, 1.165) is 48.2 Å². The van der Waals surface area contributed by atoms with Crippen molar-refractivity contribution in [2.45, 2.75) is 65.1 Å². The number of amides is 2. The molecule has 8 heteroatoms. The highest BCUT2D eigenvalue weighted by molar-refractivity contribution is 5.99. The third kappa shape index (κ3) is 4.41. The molecule has 2 aromatic carbocycles. The van der Waals surface area contributed by atoms with Crippen molar-refractivity contribution >= 4 is 11.8 Å². The van der Waals surface area contributed by atoms with Crippen molar-refractivity contribution in [3.8, 4) is 11.3 Å². The molecule has 0 spiro atoms. The number of carbonyl (C=O) groups excluding carboxylic acids is 2. The Morgan fingerprint density at radius 2 is 1.92 bits per heavy atom. The summed E-state index contributed by atoms with van der Waals surface area (Å²) in [7, 11) is 0. The van der Waals surface area contributed by atoms with Crippen LogP contribution in [0, 0.1) is 11.2 Å². The van der Waals surface area contributed by atoms with Gasteiger partial charge in [0.15, 0.2) is 0 Å². The Morgan fingerprint density at radius 3 is 2.66 bits per heavy atom. The van der Waals surface area contributed by atoms with E-state index in [1.165, 1.54) is 6.07 Å². The number of ether oxygens (including phenoxy) is 1. The molecule has 2 N–H and O–H groups in total. The van der Waals surface area contributed by atoms with Crippen molar-refractivity contribution in [1.29, 1.82) is 0 Å². The van der Waals surface area contributed by atoms with Gasteiger partial charge in [0, 0.05) is 48.2 Å². The van der Waals surface area contributed by atoms with Crippen LogP contribution in [-0.2, 0) is 24.1 Å². The van der Waals surface area contributed by atoms with Crippen LogP contribution in [0.1, 0.15) is 82.8 Å². The van der Waals surface area contributed by atoms with Gasteiger partial charge in [-0.15, -0.1) is 0 Å². The van der Waals surface area contributed by atoms with E-state index in [1.807, 2.05) is 25.1 Å². The summed E-state index contributed by atoms with van der Waals surface area (Å²) >= 11 is 0. The summed E-state index contributed by atoms with van der Waals surface area (Å²) in [6.07, 6.45) is 3.44. The first-order valence-electron chi connectivity index (χ1n) is 13.4. The summed E-state index contributed by atoms with van der Waals surface area (Å²) < 4.78 is 20.7. The fourth-order valence-corrected chi connectivity index (χ4v) is 6.08. The summed E-state index contributed by atoms with van der Waals surface area (Å²) in [6.45, 7) is 8.02. The number of rotatable bonds is 5. The first-order chi connectivity index (χ1) is 18.2. The lowest BCUT2D eigenvalue weighted by Crippen LogP contribution is -2.38. The number of aromatic nitrogens is 2. The van der Waals surface area contributed by atoms with Crippen molar-refractivity contribution in [3.05, 3.63) is 75.7 Å². The van der Waals surface area contributed by atoms with E-state index in [9.17, 15) is 9.59 Å². The molecular weight excluding hydrogens is 483 g/mol. The van der Waals surface area contributed by atoms with Gasteiger partial charge in [-0.1, -0.05) is 26.0 Å². The smallest absolute Gasteiger partial charge is 0.257 e. The Hall–Kier alpha value is -3.52. The number of carbonyl (C=O) groups is 2. The zero-order valence-corrected chi connectivity index (χ0v) is 22.1. The highest BCUT2D eigenvalue weighted by atomic mass is 19.1. The summed E-state index contributed by atoms with van der Waals surface area (Å²) in [5, 5.41) is 10.7. The number of H-pyrrole nitrogens is 1. The Bertz CT molecular complexity index is 1410. The van der Waals surface area contributed by atoms with Crippen LogP contribution in [0.25, 0.3) is 11.3 Å². The maximum atomic E-state index is 15.3. The zero-order chi connectivity index (χ0) is 26.6. The summed E-state index contributed by atoms with van der Waals surface area (Å²) in [5.74, 6) is -0.929. The van der Waals surface area contributed by atoms with Crippen LogP contribution in [-0.4, -0.2) is 46.2 Å². The molecule has 1 aromatic heterocycles. The van der Waals surface area contributed by atoms with Crippen LogP contribution in [0.3, 0.4) is 0 Å². The molecule has 38 heavy (non-hydrogen) atoms. The molecule has 7 nitrogen and oxygen atoms in total. The van der Waals surface area contributed by atoms with Crippen molar-refractivity contribution in [2.75, 3.05) is 13.2 Å². The molecule has 1 atom stereocenters. The van der Waals surface area contributed by atoms with Gasteiger partial charge < -0.3 is 15.0 Å². The maximum Gasteiger partial charge on any atom is 0.257 e. The number of benzene rings is 2. The summed E-state index contributed by atoms with van der Waals surface area (Å²) in [4.78, 5) is 27.6. The monoisotopic (exact) mass is 516 g/mol. The molecule has 1 unspecified atom stereocenters. The van der Waals surface area contributed by atoms with Crippen molar-refractivity contribution in [1.82, 2.24) is 20.4 Å². The van der Waals surface area contributed by atoms with Crippen LogP contribution in [0.4, 0.5) is 4.39 Å². The van der Waals surface area contributed by atoms with Gasteiger partial charge in [-0.2, -0.15) is 5.10 Å². The number of hydrogen-bond acceptors (Lipinski definition) is 4. The van der Waals surface area contributed by atoms with Gasteiger partial charge in [-0.25, -0.2) is 4.39 Å². The molecule has 1 fully saturated rings. The van der Waals surface area contributed by atoms with Crippen LogP contribution >= 0.6 is 0 Å². The molecule has 3 heterocycles. The lowest BCUT2D eigenvalue weighted by molar-refractivity contribution is 0.0692. The van der Waals surface area contributed by atoms with E-state index in [1.54, 1.807) is 17.0 Å². The van der Waals surface area contributed by atoms with E-state index < -0.39 is 5.82 Å². The molecule has 3 aliphatic rings. The van der Waals surface area contributed by atoms with Crippen molar-refractivity contribution in [3.63, 3.8) is 0 Å². The Kier molecular flexibility index (Phi) is 6.10. The summed E-state index contributed by atoms with van der Waals surface area (Å²) in [5.41, 5.74) is 6.18. The Labute approximate surface area is 221 Å². The maximum absolute atomic E-state index is 15.3. The molecule has 1 aliphatic carbocycles. The lowest BCUT2D eigenvalue weighted by Gasteiger charge is -2.25. The van der Waals surface area contributed by atoms with E-state index in [0.29, 0.717) is 36.4 Å². The molecule has 0 radical (unpaired) electrons. The Balaban J connectivity index is 1.19. The highest BCUT2D eigenvalue weighted by Gasteiger charge is 2.36. The topological polar surface area (TPSA) is 87.3 Å². The van der Waals surface area contributed by atoms with Gasteiger partial charge in [0.25, 0.3) is 11.8 Å². The Morgan fingerprint density at radius 1 is 1.18 bits per heavy atom. The number of nitrogens with zero attached hydrogens (tertiary/aromatic N) is 2. The van der Waals surface area contributed by atoms with E-state index in [4.69, 9.17) is 4.74 Å². The average molecular weight is 517 g/mol. The number of halogens is 1. The number of hydrogen-bond donors (Lipinski definition) is 2. The molecule has 3 aromatic rings. The minimum absolute atomic E-state index is 0.108. The molecule has 2 aliphatic heterocycles. The van der Waals surface area contributed by atoms with E-state index >= 15 is 4.39 Å². The third-order valence-electron chi connectivity index (χ3n) is 8.20. The number of aromatic amines is 1. The van der Waals surface area contributed by atoms with E-state index in [-0.39, 0.29) is 34.9 Å². The first kappa shape index (κ1) is 24.8. The predicted molar refractivity (Wildman–Crippen MR) is 141 cm³/mol. The van der Waals surface area contributed by atoms with Crippen molar-refractivity contribution in [2.24, 2.45) is 5.41 Å². The second-order valence-electron chi connectivity index (χ2n) is 11.6. The molecule has 2 amide bonds. The van der Waals surface area contributed by atoms with Crippen LogP contribution in [0.15, 0.2) is 36.4 Å². The van der Waals surface area contributed by atoms with Crippen LogP contribution in [0.5, 0.6) is 0 Å². The van der Waals surface area contributed by atoms with Crippen LogP contribution in [0.2, 0.25) is 0 Å². The first-order valence-corrected chi connectivity index (χ1v) is 13.4. The van der Waals surface area contributed by atoms with Gasteiger partial charge in [-0.05, 0) is 73.4 Å². The third-order valence-corrected chi connectivity index (χ3v) is 8.20. The van der Waals surface area contributed by atoms with Gasteiger partial charge in [-0.3, -0.25) is 14.7 Å². The lowest BCUT2D eigenvalue weighted by atomic mass is 9.89. The predicted octanol–water partition coefficient (Wildman–Crippen LogP) is 4.97. The second kappa shape index (κ2) is 9.34. The standard InChI is InChI=1S/C30H33FN4O3/c1-17(18-4-6-19(7-5-18)28(36)32-22-8-10-38-11-9-22)35-16-21-12-20(13-24(31)26(21)29(35)37)27-23-14-30(2,3)15-25(23)33-34-27/h4-7,12-13,17,22H,8-11,14-16H2,1-3H3,(H,32,36)(H,33,34). The molecule has 1 saturated heterocycles. The number of fused-ring (bicyclic) bond motifs is 2. The van der Waals surface area contributed by atoms with E-state index in [2.05, 4.69) is 29.4 Å². The molecule has 6 rings (SSSR count). The molecule has 0 bridgehead atoms. The minimum atomic E-state index is -0.508.